The number of aliphatic hydroxyl groups excluding tert-OH is 2. The Morgan fingerprint density at radius 1 is 0.468 bits per heavy atom. The van der Waals surface area contributed by atoms with Crippen molar-refractivity contribution >= 4 is 72.2 Å². The van der Waals surface area contributed by atoms with Crippen LogP contribution < -0.4 is 10.0 Å². The minimum absolute atomic E-state index is 0. The molecule has 0 heterocycles. The Morgan fingerprint density at radius 3 is 1.07 bits per heavy atom. The standard InChI is InChI=1S/C12H20.C11H21NO.C10H19NO.C10H16O.C9H17NO2.C9H16O2.C8H12O.C7H13NO.C7H12O.C7H10O.C6H13NO2S.C6H12O2S.2CH4/c1-10(12(2,3)4)11-8-6-5-7-9-11;1-11(2,3)9-10(13)7-6-8-12(4)5;1-10(2,3)9(12)7-6-8-11(4)5;1-10(2,3)9(11)8-6-4-5-7-8;1-5-8(12)10(6-7-11)9(2,3)4;1-9(2,3)8(11)6-4-5-7-10;1-5-7(9)6-8(2,3)4;1-5-6(9)8-7(2,3)4;2*1-5-6(8)7(2,3)4;1-5-10(8,9)7-6(2,3)4;1-5-9(7,8)6(2,3)4;;/h8H,1,5-7,9H2,2-4H3;6-7H,8-9H2,1-5H3;6-7H,8H2,1-5H3;6H,4-5,7H2,1-3H3;5,11H,1,6-7H2,2-4H3;4,6,10H,5,7H2,1-3H3;1H,6H2,2-4H3;5H,1H2,2-4H3,(H,8,9);5H,1H2,2-4H3;1H,2-4H3;5,7H,1H2,2-4H3;5H,1H2,2-4H3;2*1H4/b;2*7-6+;;;6-4+;;;;;;;;. The number of likely N-dealkylation sites (N-methyl/N-ethyl adjacent to an activating group) is 2. The molecule has 0 aliphatic heterocycles. The fraction of sp³-hybridized carbons (Fsp3) is 0.663. The van der Waals surface area contributed by atoms with E-state index in [9.17, 15) is 60.0 Å². The molecular formula is C104H189N5O15S2. The van der Waals surface area contributed by atoms with Gasteiger partial charge in [0.15, 0.2) is 38.8 Å². The number of amides is 2. The number of nitrogens with one attached hydrogen (secondary N) is 2. The van der Waals surface area contributed by atoms with Crippen LogP contribution >= 0.6 is 0 Å². The summed E-state index contributed by atoms with van der Waals surface area (Å²) in [4.78, 5) is 105. The number of sulfone groups is 1. The van der Waals surface area contributed by atoms with E-state index in [-0.39, 0.29) is 129 Å². The number of nitrogens with zero attached hydrogens (tertiary/aromatic N) is 3. The van der Waals surface area contributed by atoms with Crippen molar-refractivity contribution in [2.75, 3.05) is 61.0 Å². The molecular weight excluding hydrogens is 1620 g/mol. The first-order valence-corrected chi connectivity index (χ1v) is 45.5. The van der Waals surface area contributed by atoms with E-state index in [1.54, 1.807) is 85.4 Å². The van der Waals surface area contributed by atoms with E-state index >= 15 is 0 Å². The van der Waals surface area contributed by atoms with E-state index in [1.807, 2.05) is 196 Å². The molecule has 0 spiro atoms. The largest absolute Gasteiger partial charge is 0.396 e. The molecule has 0 radical (unpaired) electrons. The summed E-state index contributed by atoms with van der Waals surface area (Å²) in [6.07, 6.45) is 38.6. The number of hydrogen-bond acceptors (Lipinski definition) is 17. The van der Waals surface area contributed by atoms with E-state index in [1.165, 1.54) is 61.1 Å². The first-order chi connectivity index (χ1) is 55.0. The van der Waals surface area contributed by atoms with Crippen molar-refractivity contribution in [3.05, 3.63) is 134 Å². The van der Waals surface area contributed by atoms with Gasteiger partial charge in [0.2, 0.25) is 33.4 Å². The predicted molar refractivity (Wildman–Crippen MR) is 543 cm³/mol. The van der Waals surface area contributed by atoms with Gasteiger partial charge >= 0.3 is 0 Å². The molecule has 0 atom stereocenters. The Balaban J connectivity index is -0.000000113. The molecule has 2 rings (SSSR count). The van der Waals surface area contributed by atoms with Crippen LogP contribution in [-0.2, 0) is 63.0 Å². The van der Waals surface area contributed by atoms with Gasteiger partial charge < -0.3 is 30.2 Å². The first-order valence-electron chi connectivity index (χ1n) is 42.4. The molecule has 0 aromatic carbocycles. The normalized spacial score (nSPS) is 12.9. The molecule has 0 unspecified atom stereocenters. The van der Waals surface area contributed by atoms with Crippen LogP contribution in [0.4, 0.5) is 0 Å². The number of rotatable bonds is 21. The first kappa shape index (κ1) is 144. The van der Waals surface area contributed by atoms with Crippen LogP contribution in [0, 0.1) is 68.0 Å². The Kier molecular flexibility index (Phi) is 77.6. The lowest BCUT2D eigenvalue weighted by Crippen LogP contribution is -2.46. The number of Topliss-reactive ketones (excluding diaryl/α,β-unsaturated/α-hetero) is 3. The molecule has 2 aliphatic carbocycles. The summed E-state index contributed by atoms with van der Waals surface area (Å²) in [6.45, 7) is 91.8. The second-order valence-corrected chi connectivity index (χ2v) is 47.1. The van der Waals surface area contributed by atoms with Crippen molar-refractivity contribution in [3.63, 3.8) is 0 Å². The van der Waals surface area contributed by atoms with Crippen molar-refractivity contribution in [3.8, 4) is 24.7 Å². The number of β-amino-alcohol motifs (C(OH)–C–C–N with tert-alkyl or cyclic N) is 1. The highest BCUT2D eigenvalue weighted by Crippen LogP contribution is 2.35. The molecule has 20 nitrogen and oxygen atoms in total. The van der Waals surface area contributed by atoms with Gasteiger partial charge in [0.05, 0.1) is 11.4 Å². The molecule has 22 heteroatoms. The van der Waals surface area contributed by atoms with E-state index in [0.717, 1.165) is 48.7 Å². The SMILES string of the molecule is C.C.C#CC(=O)C(C)(C)C.C#CC(=O)CC(C)(C)C.C=C(C1=CCCCC1)C(C)(C)C.C=CC(=O)C(C)(C)C.C=CC(=O)N(CCO)C(C)(C)C.C=CC(=O)NC(C)(C)C.C=CS(=O)(=O)C(C)(C)C.C=CS(=O)(=O)NC(C)(C)C.CC(C)(C)C(=O)/C=C/CCO.CC(C)(C)C(=O)C1=CCCC1.CN(C)C/C=C/C(=O)C(C)(C)C.CN(C)C/C=C/C(=O)CC(C)(C)C. The average molecular weight is 1810 g/mol. The minimum atomic E-state index is -3.26. The molecule has 2 amide bonds. The monoisotopic (exact) mass is 1810 g/mol. The summed E-state index contributed by atoms with van der Waals surface area (Å²) in [6, 6.07) is 0. The molecule has 0 saturated heterocycles. The fourth-order valence-corrected chi connectivity index (χ4v) is 9.68. The third-order valence-electron chi connectivity index (χ3n) is 15.4. The lowest BCUT2D eigenvalue weighted by atomic mass is 9.79. The highest BCUT2D eigenvalue weighted by molar-refractivity contribution is 7.95. The van der Waals surface area contributed by atoms with Gasteiger partial charge in [-0.1, -0.05) is 251 Å². The zero-order valence-electron chi connectivity index (χ0n) is 85.9. The predicted octanol–water partition coefficient (Wildman–Crippen LogP) is 22.2. The highest BCUT2D eigenvalue weighted by Gasteiger charge is 2.29. The molecule has 0 aromatic rings. The van der Waals surface area contributed by atoms with Crippen LogP contribution in [0.3, 0.4) is 0 Å². The van der Waals surface area contributed by atoms with Crippen molar-refractivity contribution in [1.29, 1.82) is 0 Å². The second kappa shape index (κ2) is 67.8. The van der Waals surface area contributed by atoms with Crippen LogP contribution in [0.25, 0.3) is 0 Å². The molecule has 2 aliphatic rings. The number of terminal acetylenes is 2. The lowest BCUT2D eigenvalue weighted by Gasteiger charge is -2.34. The Hall–Kier alpha value is -7.41. The summed E-state index contributed by atoms with van der Waals surface area (Å²) in [5.41, 5.74) is 2.10. The molecule has 0 fully saturated rings. The smallest absolute Gasteiger partial charge is 0.246 e. The number of carbonyl (C=O) groups excluding carboxylic acids is 9. The zero-order valence-corrected chi connectivity index (χ0v) is 87.5. The highest BCUT2D eigenvalue weighted by atomic mass is 32.2. The van der Waals surface area contributed by atoms with Crippen LogP contribution in [-0.4, -0.2) is 176 Å². The number of hydrogen-bond donors (Lipinski definition) is 4. The summed E-state index contributed by atoms with van der Waals surface area (Å²) >= 11 is 0. The van der Waals surface area contributed by atoms with Gasteiger partial charge in [-0.3, -0.25) is 43.2 Å². The average Bonchev–Trinajstić information content (AvgIpc) is 0.964. The molecule has 4 N–H and O–H groups in total. The van der Waals surface area contributed by atoms with E-state index in [4.69, 9.17) is 23.1 Å². The summed E-state index contributed by atoms with van der Waals surface area (Å²) in [5.74, 6) is 4.56. The summed E-state index contributed by atoms with van der Waals surface area (Å²) in [7, 11) is 1.59. The van der Waals surface area contributed by atoms with Crippen molar-refractivity contribution < 1.29 is 70.2 Å². The van der Waals surface area contributed by atoms with Crippen molar-refractivity contribution in [2.24, 2.45) is 43.3 Å². The Labute approximate surface area is 775 Å². The molecule has 0 saturated carbocycles. The van der Waals surface area contributed by atoms with E-state index in [2.05, 4.69) is 115 Å². The van der Waals surface area contributed by atoms with Gasteiger partial charge in [-0.25, -0.2) is 21.6 Å². The van der Waals surface area contributed by atoms with Crippen LogP contribution in [0.1, 0.15) is 328 Å². The molecule has 732 valence electrons. The Morgan fingerprint density at radius 2 is 0.865 bits per heavy atom. The number of allylic oxidation sites excluding steroid dienone is 9. The van der Waals surface area contributed by atoms with E-state index in [0.29, 0.717) is 31.6 Å². The minimum Gasteiger partial charge on any atom is -0.396 e. The topological polar surface area (TPSA) is 296 Å². The third kappa shape index (κ3) is 95.7. The maximum Gasteiger partial charge on any atom is 0.246 e. The molecule has 0 aromatic heterocycles. The molecule has 126 heavy (non-hydrogen) atoms. The van der Waals surface area contributed by atoms with Gasteiger partial charge in [0.1, 0.15) is 0 Å². The number of sulfonamides is 1. The quantitative estimate of drug-likeness (QED) is 0.0472. The number of aliphatic hydroxyl groups is 2. The second-order valence-electron chi connectivity index (χ2n) is 42.8. The third-order valence-corrected chi connectivity index (χ3v) is 18.9. The Bertz CT molecular complexity index is 3750. The molecule has 0 bridgehead atoms. The van der Waals surface area contributed by atoms with Gasteiger partial charge in [-0.05, 0) is 244 Å². The summed E-state index contributed by atoms with van der Waals surface area (Å²) in [5, 5.41) is 21.7. The van der Waals surface area contributed by atoms with Gasteiger partial charge in [-0.2, -0.15) is 0 Å². The number of carbonyl (C=O) groups is 9. The van der Waals surface area contributed by atoms with Crippen LogP contribution in [0.2, 0.25) is 0 Å². The maximum absolute atomic E-state index is 11.6. The summed E-state index contributed by atoms with van der Waals surface area (Å²) < 4.78 is 45.1. The van der Waals surface area contributed by atoms with Crippen molar-refractivity contribution in [1.82, 2.24) is 24.7 Å². The van der Waals surface area contributed by atoms with Crippen LogP contribution in [0.15, 0.2) is 134 Å². The van der Waals surface area contributed by atoms with E-state index < -0.39 is 30.1 Å². The zero-order chi connectivity index (χ0) is 101. The maximum atomic E-state index is 11.6. The van der Waals surface area contributed by atoms with Gasteiger partial charge in [0, 0.05) is 93.6 Å². The number of ketones is 7. The van der Waals surface area contributed by atoms with Crippen molar-refractivity contribution in [2.45, 2.75) is 350 Å². The fourth-order valence-electron chi connectivity index (χ4n) is 8.25. The van der Waals surface area contributed by atoms with Crippen LogP contribution in [0.5, 0.6) is 0 Å². The van der Waals surface area contributed by atoms with Gasteiger partial charge in [0.25, 0.3) is 0 Å². The lowest BCUT2D eigenvalue weighted by molar-refractivity contribution is -0.131. The van der Waals surface area contributed by atoms with Gasteiger partial charge in [-0.15, -0.1) is 12.8 Å².